The van der Waals surface area contributed by atoms with E-state index in [1.54, 1.807) is 18.2 Å². The number of nitrogens with one attached hydrogen (secondary N) is 1. The number of amides is 2. The van der Waals surface area contributed by atoms with E-state index < -0.39 is 5.97 Å². The van der Waals surface area contributed by atoms with Crippen LogP contribution < -0.4 is 5.32 Å². The summed E-state index contributed by atoms with van der Waals surface area (Å²) in [6, 6.07) is 6.83. The topological polar surface area (TPSA) is 82.1 Å². The number of carbonyl (C=O) groups is 2. The molecule has 1 atom stereocenters. The summed E-state index contributed by atoms with van der Waals surface area (Å²) in [5.74, 6) is -0.960. The molecule has 2 amide bonds. The molecule has 0 aromatic heterocycles. The molecule has 1 aromatic carbocycles. The Balaban J connectivity index is 1.53. The van der Waals surface area contributed by atoms with Crippen LogP contribution in [0.1, 0.15) is 28.8 Å². The van der Waals surface area contributed by atoms with Gasteiger partial charge in [0.1, 0.15) is 0 Å². The molecule has 0 saturated carbocycles. The van der Waals surface area contributed by atoms with Gasteiger partial charge in [-0.25, -0.2) is 9.59 Å². The molecule has 7 heteroatoms. The molecule has 7 nitrogen and oxygen atoms in total. The standard InChI is InChI=1S/C18H25N3O4/c22-17(23)15-4-1-3-14(11-15)12-19-18(24)21-6-2-5-16(21)13-20-7-9-25-10-8-20/h1,3-4,11,16H,2,5-10,12-13H2,(H,19,24)(H,22,23)/t16-/m0/s1. The summed E-state index contributed by atoms with van der Waals surface area (Å²) in [6.07, 6.45) is 2.05. The van der Waals surface area contributed by atoms with E-state index >= 15 is 0 Å². The van der Waals surface area contributed by atoms with Gasteiger partial charge in [0, 0.05) is 38.8 Å². The number of urea groups is 1. The van der Waals surface area contributed by atoms with Crippen LogP contribution >= 0.6 is 0 Å². The molecule has 0 unspecified atom stereocenters. The smallest absolute Gasteiger partial charge is 0.335 e. The van der Waals surface area contributed by atoms with Gasteiger partial charge in [-0.1, -0.05) is 12.1 Å². The van der Waals surface area contributed by atoms with Crippen molar-refractivity contribution < 1.29 is 19.4 Å². The number of carbonyl (C=O) groups excluding carboxylic acids is 1. The molecule has 25 heavy (non-hydrogen) atoms. The average molecular weight is 347 g/mol. The van der Waals surface area contributed by atoms with Crippen molar-refractivity contribution in [3.63, 3.8) is 0 Å². The number of benzene rings is 1. The van der Waals surface area contributed by atoms with Gasteiger partial charge in [-0.3, -0.25) is 4.90 Å². The van der Waals surface area contributed by atoms with Gasteiger partial charge in [0.25, 0.3) is 0 Å². The van der Waals surface area contributed by atoms with Crippen molar-refractivity contribution in [1.82, 2.24) is 15.1 Å². The fourth-order valence-corrected chi connectivity index (χ4v) is 3.47. The maximum absolute atomic E-state index is 12.5. The third-order valence-corrected chi connectivity index (χ3v) is 4.83. The second-order valence-corrected chi connectivity index (χ2v) is 6.57. The molecule has 3 rings (SSSR count). The van der Waals surface area contributed by atoms with Crippen LogP contribution in [0, 0.1) is 0 Å². The van der Waals surface area contributed by atoms with E-state index in [1.807, 2.05) is 11.0 Å². The highest BCUT2D eigenvalue weighted by Gasteiger charge is 2.30. The molecule has 2 fully saturated rings. The minimum Gasteiger partial charge on any atom is -0.478 e. The second-order valence-electron chi connectivity index (χ2n) is 6.57. The van der Waals surface area contributed by atoms with Gasteiger partial charge in [-0.2, -0.15) is 0 Å². The second kappa shape index (κ2) is 8.31. The van der Waals surface area contributed by atoms with Gasteiger partial charge in [0.2, 0.25) is 0 Å². The van der Waals surface area contributed by atoms with Gasteiger partial charge in [-0.15, -0.1) is 0 Å². The first-order valence-electron chi connectivity index (χ1n) is 8.80. The Kier molecular flexibility index (Phi) is 5.88. The number of rotatable bonds is 5. The van der Waals surface area contributed by atoms with Crippen molar-refractivity contribution in [1.29, 1.82) is 0 Å². The van der Waals surface area contributed by atoms with Crippen molar-refractivity contribution in [2.75, 3.05) is 39.4 Å². The van der Waals surface area contributed by atoms with Crippen LogP contribution in [0.25, 0.3) is 0 Å². The lowest BCUT2D eigenvalue weighted by atomic mass is 10.1. The summed E-state index contributed by atoms with van der Waals surface area (Å²) in [5.41, 5.74) is 1.02. The van der Waals surface area contributed by atoms with Crippen molar-refractivity contribution in [2.45, 2.75) is 25.4 Å². The zero-order valence-electron chi connectivity index (χ0n) is 14.3. The molecule has 2 aliphatic heterocycles. The van der Waals surface area contributed by atoms with E-state index in [1.165, 1.54) is 0 Å². The highest BCUT2D eigenvalue weighted by molar-refractivity contribution is 5.87. The normalized spacial score (nSPS) is 21.3. The first-order valence-corrected chi connectivity index (χ1v) is 8.80. The number of likely N-dealkylation sites (tertiary alicyclic amines) is 1. The highest BCUT2D eigenvalue weighted by atomic mass is 16.5. The van der Waals surface area contributed by atoms with E-state index in [4.69, 9.17) is 9.84 Å². The van der Waals surface area contributed by atoms with Gasteiger partial charge < -0.3 is 20.1 Å². The van der Waals surface area contributed by atoms with E-state index in [9.17, 15) is 9.59 Å². The Hall–Kier alpha value is -2.12. The Labute approximate surface area is 147 Å². The van der Waals surface area contributed by atoms with Crippen molar-refractivity contribution in [3.05, 3.63) is 35.4 Å². The van der Waals surface area contributed by atoms with Crippen LogP contribution in [0.4, 0.5) is 4.79 Å². The highest BCUT2D eigenvalue weighted by Crippen LogP contribution is 2.19. The van der Waals surface area contributed by atoms with E-state index in [0.717, 1.165) is 57.8 Å². The molecule has 0 aliphatic carbocycles. The summed E-state index contributed by atoms with van der Waals surface area (Å²) < 4.78 is 5.38. The quantitative estimate of drug-likeness (QED) is 0.841. The lowest BCUT2D eigenvalue weighted by Crippen LogP contribution is -2.49. The van der Waals surface area contributed by atoms with E-state index in [-0.39, 0.29) is 17.6 Å². The van der Waals surface area contributed by atoms with Gasteiger partial charge in [0.15, 0.2) is 0 Å². The molecule has 0 bridgehead atoms. The fourth-order valence-electron chi connectivity index (χ4n) is 3.47. The molecular weight excluding hydrogens is 322 g/mol. The molecule has 0 radical (unpaired) electrons. The number of morpholine rings is 1. The lowest BCUT2D eigenvalue weighted by Gasteiger charge is -2.33. The van der Waals surface area contributed by atoms with Crippen LogP contribution in [0.5, 0.6) is 0 Å². The van der Waals surface area contributed by atoms with Crippen LogP contribution in [0.2, 0.25) is 0 Å². The monoisotopic (exact) mass is 347 g/mol. The number of ether oxygens (including phenoxy) is 1. The fraction of sp³-hybridized carbons (Fsp3) is 0.556. The Bertz CT molecular complexity index is 616. The molecule has 2 aliphatic rings. The zero-order valence-corrected chi connectivity index (χ0v) is 14.3. The summed E-state index contributed by atoms with van der Waals surface area (Å²) in [4.78, 5) is 27.8. The van der Waals surface area contributed by atoms with Crippen LogP contribution in [-0.4, -0.2) is 72.3 Å². The number of carboxylic acid groups (broad SMARTS) is 1. The Morgan fingerprint density at radius 3 is 2.80 bits per heavy atom. The SMILES string of the molecule is O=C(O)c1cccc(CNC(=O)N2CCC[C@H]2CN2CCOCC2)c1. The molecule has 136 valence electrons. The van der Waals surface area contributed by atoms with Gasteiger partial charge in [0.05, 0.1) is 18.8 Å². The molecule has 2 heterocycles. The molecule has 2 saturated heterocycles. The number of nitrogens with zero attached hydrogens (tertiary/aromatic N) is 2. The van der Waals surface area contributed by atoms with E-state index in [2.05, 4.69) is 10.2 Å². The first-order chi connectivity index (χ1) is 12.1. The molecule has 2 N–H and O–H groups in total. The number of hydrogen-bond donors (Lipinski definition) is 2. The Morgan fingerprint density at radius 1 is 1.24 bits per heavy atom. The number of carboxylic acids is 1. The summed E-state index contributed by atoms with van der Waals surface area (Å²) in [6.45, 7) is 5.38. The van der Waals surface area contributed by atoms with Crippen LogP contribution in [0.3, 0.4) is 0 Å². The maximum Gasteiger partial charge on any atom is 0.335 e. The lowest BCUT2D eigenvalue weighted by molar-refractivity contribution is 0.0292. The molecular formula is C18H25N3O4. The van der Waals surface area contributed by atoms with Crippen molar-refractivity contribution in [2.24, 2.45) is 0 Å². The van der Waals surface area contributed by atoms with Crippen molar-refractivity contribution >= 4 is 12.0 Å². The third-order valence-electron chi connectivity index (χ3n) is 4.83. The molecule has 1 aromatic rings. The maximum atomic E-state index is 12.5. The average Bonchev–Trinajstić information content (AvgIpc) is 3.09. The minimum atomic E-state index is -0.960. The predicted octanol–water partition coefficient (Wildman–Crippen LogP) is 1.39. The van der Waals surface area contributed by atoms with Crippen LogP contribution in [0.15, 0.2) is 24.3 Å². The summed E-state index contributed by atoms with van der Waals surface area (Å²) >= 11 is 0. The zero-order chi connectivity index (χ0) is 17.6. The van der Waals surface area contributed by atoms with Crippen molar-refractivity contribution in [3.8, 4) is 0 Å². The van der Waals surface area contributed by atoms with Gasteiger partial charge >= 0.3 is 12.0 Å². The number of hydrogen-bond acceptors (Lipinski definition) is 4. The first kappa shape index (κ1) is 17.7. The largest absolute Gasteiger partial charge is 0.478 e. The predicted molar refractivity (Wildman–Crippen MR) is 92.6 cm³/mol. The Morgan fingerprint density at radius 2 is 2.04 bits per heavy atom. The summed E-state index contributed by atoms with van der Waals surface area (Å²) in [5, 5.41) is 12.0. The third kappa shape index (κ3) is 4.70. The van der Waals surface area contributed by atoms with Gasteiger partial charge in [-0.05, 0) is 30.5 Å². The van der Waals surface area contributed by atoms with Crippen LogP contribution in [-0.2, 0) is 11.3 Å². The minimum absolute atomic E-state index is 0.0727. The summed E-state index contributed by atoms with van der Waals surface area (Å²) in [7, 11) is 0. The van der Waals surface area contributed by atoms with E-state index in [0.29, 0.717) is 6.54 Å². The molecule has 0 spiro atoms. The number of aromatic carboxylic acids is 1.